The monoisotopic (exact) mass is 502 g/mol. The van der Waals surface area contributed by atoms with Gasteiger partial charge in [0.05, 0.1) is 46.2 Å². The fraction of sp³-hybridized carbons (Fsp3) is 0.480. The molecule has 0 amide bonds. The molecule has 0 aromatic heterocycles. The van der Waals surface area contributed by atoms with Crippen LogP contribution in [0.3, 0.4) is 0 Å². The van der Waals surface area contributed by atoms with Gasteiger partial charge in [-0.3, -0.25) is 0 Å². The summed E-state index contributed by atoms with van der Waals surface area (Å²) in [6.07, 6.45) is 0. The number of carbonyl (C=O) groups excluding carboxylic acids is 1. The normalized spacial score (nSPS) is 9.91. The minimum absolute atomic E-state index is 0. The van der Waals surface area contributed by atoms with E-state index in [0.717, 1.165) is 11.5 Å². The van der Waals surface area contributed by atoms with E-state index >= 15 is 0 Å². The zero-order chi connectivity index (χ0) is 23.7. The van der Waals surface area contributed by atoms with Crippen molar-refractivity contribution in [3.63, 3.8) is 0 Å². The second kappa shape index (κ2) is 20.2. The van der Waals surface area contributed by atoms with E-state index in [-0.39, 0.29) is 53.8 Å². The van der Waals surface area contributed by atoms with Crippen molar-refractivity contribution in [2.75, 3.05) is 59.5 Å². The van der Waals surface area contributed by atoms with Crippen molar-refractivity contribution >= 4 is 5.97 Å². The van der Waals surface area contributed by atoms with Crippen LogP contribution in [-0.2, 0) is 14.2 Å². The van der Waals surface area contributed by atoms with Crippen LogP contribution in [-0.4, -0.2) is 70.9 Å². The molecule has 0 spiro atoms. The molecule has 0 radical (unpaired) electrons. The molecular weight excluding hydrogens is 467 g/mol. The van der Waals surface area contributed by atoms with Crippen molar-refractivity contribution in [1.82, 2.24) is 0 Å². The minimum Gasteiger partial charge on any atom is -0.870 e. The average Bonchev–Trinajstić information content (AvgIpc) is 2.81. The first-order valence-corrected chi connectivity index (χ1v) is 11.3. The molecule has 0 bridgehead atoms. The number of esters is 1. The Kier molecular flexibility index (Phi) is 19.0. The summed E-state index contributed by atoms with van der Waals surface area (Å²) in [7, 11) is 0. The van der Waals surface area contributed by atoms with E-state index < -0.39 is 5.97 Å². The topological polar surface area (TPSA) is 112 Å². The summed E-state index contributed by atoms with van der Waals surface area (Å²) in [6.45, 7) is 9.25. The number of hydrogen-bond acceptors (Lipinski definition) is 9. The Balaban J connectivity index is 0.00000578. The van der Waals surface area contributed by atoms with Crippen molar-refractivity contribution in [2.45, 2.75) is 20.8 Å². The van der Waals surface area contributed by atoms with Gasteiger partial charge in [0.2, 0.25) is 0 Å². The van der Waals surface area contributed by atoms with E-state index in [0.29, 0.717) is 57.7 Å². The molecule has 0 unspecified atom stereocenters. The molecule has 190 valence electrons. The van der Waals surface area contributed by atoms with Crippen molar-refractivity contribution in [1.29, 1.82) is 0 Å². The number of ether oxygens (including phenoxy) is 7. The summed E-state index contributed by atoms with van der Waals surface area (Å²) >= 11 is 0. The van der Waals surface area contributed by atoms with Crippen molar-refractivity contribution in [3.8, 4) is 23.0 Å². The smallest absolute Gasteiger partial charge is 0.870 e. The van der Waals surface area contributed by atoms with Crippen molar-refractivity contribution < 1.29 is 73.0 Å². The van der Waals surface area contributed by atoms with E-state index in [1.54, 1.807) is 25.1 Å². The zero-order valence-electron chi connectivity index (χ0n) is 21.1. The molecule has 2 rings (SSSR count). The van der Waals surface area contributed by atoms with Gasteiger partial charge in [0, 0.05) is 6.07 Å². The molecule has 1 N–H and O–H groups in total. The molecule has 0 aliphatic rings. The third kappa shape index (κ3) is 12.5. The van der Waals surface area contributed by atoms with Gasteiger partial charge >= 0.3 is 35.5 Å². The predicted octanol–water partition coefficient (Wildman–Crippen LogP) is 0.979. The van der Waals surface area contributed by atoms with Crippen LogP contribution >= 0.6 is 0 Å². The van der Waals surface area contributed by atoms with Crippen molar-refractivity contribution in [2.24, 2.45) is 0 Å². The number of hydrogen-bond donors (Lipinski definition) is 0. The van der Waals surface area contributed by atoms with Crippen LogP contribution in [0.5, 0.6) is 23.0 Å². The molecule has 0 saturated carbocycles. The fourth-order valence-corrected chi connectivity index (χ4v) is 2.88. The summed E-state index contributed by atoms with van der Waals surface area (Å²) in [5, 5.41) is 0. The van der Waals surface area contributed by atoms with E-state index in [2.05, 4.69) is 0 Å². The maximum Gasteiger partial charge on any atom is 1.00 e. The summed E-state index contributed by atoms with van der Waals surface area (Å²) in [4.78, 5) is 12.3. The molecule has 0 aliphatic carbocycles. The van der Waals surface area contributed by atoms with E-state index in [4.69, 9.17) is 33.2 Å². The van der Waals surface area contributed by atoms with Gasteiger partial charge in [-0.1, -0.05) is 12.1 Å². The quantitative estimate of drug-likeness (QED) is 0.178. The van der Waals surface area contributed by atoms with Gasteiger partial charge in [-0.05, 0) is 45.0 Å². The maximum absolute atomic E-state index is 12.3. The predicted molar refractivity (Wildman–Crippen MR) is 126 cm³/mol. The molecule has 10 heteroatoms. The molecule has 35 heavy (non-hydrogen) atoms. The van der Waals surface area contributed by atoms with Crippen LogP contribution in [0.4, 0.5) is 0 Å². The maximum atomic E-state index is 12.3. The van der Waals surface area contributed by atoms with E-state index in [1.165, 1.54) is 0 Å². The van der Waals surface area contributed by atoms with Crippen LogP contribution < -0.4 is 48.5 Å². The van der Waals surface area contributed by atoms with Gasteiger partial charge in [-0.15, -0.1) is 0 Å². The Morgan fingerprint density at radius 1 is 0.657 bits per heavy atom. The Hall–Kier alpha value is -2.01. The Morgan fingerprint density at radius 3 is 1.77 bits per heavy atom. The molecule has 2 aromatic carbocycles. The second-order valence-corrected chi connectivity index (χ2v) is 6.61. The molecule has 0 heterocycles. The Morgan fingerprint density at radius 2 is 1.17 bits per heavy atom. The fourth-order valence-electron chi connectivity index (χ4n) is 2.88. The molecular formula is C25H35NaO9. The Bertz CT molecular complexity index is 832. The van der Waals surface area contributed by atoms with Gasteiger partial charge in [-0.25, -0.2) is 4.79 Å². The zero-order valence-corrected chi connectivity index (χ0v) is 23.1. The minimum atomic E-state index is -0.474. The third-order valence-corrected chi connectivity index (χ3v) is 4.24. The first kappa shape index (κ1) is 33.0. The van der Waals surface area contributed by atoms with Gasteiger partial charge in [0.1, 0.15) is 41.8 Å². The van der Waals surface area contributed by atoms with Gasteiger partial charge in [0.15, 0.2) is 0 Å². The number of benzene rings is 2. The summed E-state index contributed by atoms with van der Waals surface area (Å²) in [5.41, 5.74) is 0.288. The van der Waals surface area contributed by atoms with Crippen molar-refractivity contribution in [3.05, 3.63) is 48.0 Å². The summed E-state index contributed by atoms with van der Waals surface area (Å²) in [5.74, 6) is 1.90. The molecule has 0 fully saturated rings. The standard InChI is InChI=1S/C25H34O8.Na.H2O/c1-4-29-20-9-7-10-21(19-20)32-17-15-27-13-14-28-16-18-33-23-12-8-11-22(30-5-2)24(23)25(26)31-6-3;;/h7-12,19H,4-6,13-18H2,1-3H3;;1H2/q;+1;/p-1. The average molecular weight is 503 g/mol. The third-order valence-electron chi connectivity index (χ3n) is 4.24. The SMILES string of the molecule is CCOC(=O)c1c(OCC)cccc1OCCOCCOCCOc1cccc(OCC)c1.[Na+].[OH-]. The van der Waals surface area contributed by atoms with Crippen LogP contribution in [0.1, 0.15) is 31.1 Å². The van der Waals surface area contributed by atoms with E-state index in [9.17, 15) is 4.79 Å². The van der Waals surface area contributed by atoms with Crippen LogP contribution in [0, 0.1) is 0 Å². The largest absolute Gasteiger partial charge is 1.00 e. The van der Waals surface area contributed by atoms with Gasteiger partial charge < -0.3 is 38.6 Å². The van der Waals surface area contributed by atoms with Gasteiger partial charge in [-0.2, -0.15) is 0 Å². The number of carbonyl (C=O) groups is 1. The first-order valence-electron chi connectivity index (χ1n) is 11.3. The van der Waals surface area contributed by atoms with Crippen LogP contribution in [0.2, 0.25) is 0 Å². The van der Waals surface area contributed by atoms with Crippen LogP contribution in [0.15, 0.2) is 42.5 Å². The second-order valence-electron chi connectivity index (χ2n) is 6.61. The molecule has 2 aromatic rings. The number of rotatable bonds is 17. The van der Waals surface area contributed by atoms with Crippen LogP contribution in [0.25, 0.3) is 0 Å². The molecule has 0 saturated heterocycles. The summed E-state index contributed by atoms with van der Waals surface area (Å²) in [6, 6.07) is 12.7. The van der Waals surface area contributed by atoms with E-state index in [1.807, 2.05) is 38.1 Å². The Labute approximate surface area is 229 Å². The van der Waals surface area contributed by atoms with Gasteiger partial charge in [0.25, 0.3) is 0 Å². The molecule has 0 aliphatic heterocycles. The summed E-state index contributed by atoms with van der Waals surface area (Å²) < 4.78 is 38.5. The first-order chi connectivity index (χ1) is 16.2. The molecule has 9 nitrogen and oxygen atoms in total. The molecule has 0 atom stereocenters.